The topological polar surface area (TPSA) is 8.29 Å². The van der Waals surface area contributed by atoms with E-state index >= 15 is 0 Å². The van der Waals surface area contributed by atoms with Gasteiger partial charge in [0.15, 0.2) is 0 Å². The molecule has 0 N–H and O–H groups in total. The van der Waals surface area contributed by atoms with Crippen molar-refractivity contribution < 1.29 is 4.57 Å². The Morgan fingerprint density at radius 1 is 1.56 bits per heavy atom. The summed E-state index contributed by atoms with van der Waals surface area (Å²) in [5, 5.41) is 2.08. The number of fused-ring (bicyclic) bond motifs is 1. The molecule has 0 amide bonds. The van der Waals surface area contributed by atoms with Crippen LogP contribution in [-0.2, 0) is 7.05 Å². The lowest BCUT2D eigenvalue weighted by atomic mass is 10.9. The van der Waals surface area contributed by atoms with E-state index in [1.807, 2.05) is 19.4 Å². The smallest absolute Gasteiger partial charge is 0.224 e. The van der Waals surface area contributed by atoms with Crippen molar-refractivity contribution in [1.29, 1.82) is 0 Å². The van der Waals surface area contributed by atoms with E-state index in [4.69, 9.17) is 0 Å². The summed E-state index contributed by atoms with van der Waals surface area (Å²) in [5.41, 5.74) is 0. The Morgan fingerprint density at radius 2 is 2.44 bits per heavy atom. The van der Waals surface area contributed by atoms with E-state index in [9.17, 15) is 0 Å². The average molecular weight is 139 g/mol. The first-order valence-electron chi connectivity index (χ1n) is 2.78. The van der Waals surface area contributed by atoms with Gasteiger partial charge in [0.2, 0.25) is 0 Å². The first-order chi connectivity index (χ1) is 4.38. The van der Waals surface area contributed by atoms with Gasteiger partial charge in [-0.3, -0.25) is 0 Å². The molecular weight excluding hydrogens is 132 g/mol. The molecule has 0 bridgehead atoms. The summed E-state index contributed by atoms with van der Waals surface area (Å²) < 4.78 is 4.20. The Morgan fingerprint density at radius 3 is 3.22 bits per heavy atom. The maximum absolute atomic E-state index is 2.10. The third-order valence-electron chi connectivity index (χ3n) is 1.37. The van der Waals surface area contributed by atoms with Crippen LogP contribution in [-0.4, -0.2) is 4.40 Å². The van der Waals surface area contributed by atoms with E-state index in [2.05, 4.69) is 20.5 Å². The predicted octanol–water partition coefficient (Wildman–Crippen LogP) is 0.825. The van der Waals surface area contributed by atoms with E-state index in [1.165, 1.54) is 4.96 Å². The highest BCUT2D eigenvalue weighted by atomic mass is 32.1. The van der Waals surface area contributed by atoms with Crippen LogP contribution in [0, 0.1) is 0 Å². The Bertz CT molecular complexity index is 320. The van der Waals surface area contributed by atoms with Crippen molar-refractivity contribution in [3.8, 4) is 0 Å². The molecule has 0 unspecified atom stereocenters. The van der Waals surface area contributed by atoms with Crippen molar-refractivity contribution in [3.63, 3.8) is 0 Å². The zero-order valence-corrected chi connectivity index (χ0v) is 5.93. The lowest BCUT2D eigenvalue weighted by Crippen LogP contribution is -2.24. The zero-order chi connectivity index (χ0) is 6.27. The molecule has 0 aliphatic carbocycles. The van der Waals surface area contributed by atoms with Gasteiger partial charge in [-0.2, -0.15) is 4.40 Å². The van der Waals surface area contributed by atoms with Crippen molar-refractivity contribution in [2.75, 3.05) is 0 Å². The van der Waals surface area contributed by atoms with Gasteiger partial charge in [0.05, 0.1) is 7.05 Å². The molecule has 0 spiro atoms. The number of hydrogen-bond donors (Lipinski definition) is 0. The molecule has 2 aromatic rings. The highest BCUT2D eigenvalue weighted by Crippen LogP contribution is 2.04. The highest BCUT2D eigenvalue weighted by Gasteiger charge is 2.03. The maximum Gasteiger partial charge on any atom is 0.345 e. The average Bonchev–Trinajstić information content (AvgIpc) is 2.35. The fraction of sp³-hybridized carbons (Fsp3) is 0.167. The Kier molecular flexibility index (Phi) is 0.873. The maximum atomic E-state index is 2.10. The lowest BCUT2D eigenvalue weighted by Gasteiger charge is -1.74. The molecule has 2 aromatic heterocycles. The number of nitrogens with zero attached hydrogens (tertiary/aromatic N) is 2. The predicted molar refractivity (Wildman–Crippen MR) is 36.5 cm³/mol. The molecule has 0 aromatic carbocycles. The normalized spacial score (nSPS) is 10.8. The third kappa shape index (κ3) is 0.580. The minimum Gasteiger partial charge on any atom is -0.224 e. The number of hydrogen-bond acceptors (Lipinski definition) is 1. The highest BCUT2D eigenvalue weighted by molar-refractivity contribution is 7.14. The molecule has 0 saturated heterocycles. The molecule has 46 valence electrons. The quantitative estimate of drug-likeness (QED) is 0.478. The van der Waals surface area contributed by atoms with Crippen LogP contribution in [0.25, 0.3) is 4.96 Å². The van der Waals surface area contributed by atoms with E-state index < -0.39 is 0 Å². The van der Waals surface area contributed by atoms with E-state index in [0.29, 0.717) is 0 Å². The standard InChI is InChI=1S/C6H7N2S/c1-7-2-3-8-4-5-9-6(7)8/h2-5H,1H3/q+1. The van der Waals surface area contributed by atoms with Crippen LogP contribution in [0.3, 0.4) is 0 Å². The summed E-state index contributed by atoms with van der Waals surface area (Å²) in [6, 6.07) is 0. The van der Waals surface area contributed by atoms with Crippen molar-refractivity contribution in [1.82, 2.24) is 4.40 Å². The Hall–Kier alpha value is -0.830. The first kappa shape index (κ1) is 4.99. The van der Waals surface area contributed by atoms with Gasteiger partial charge in [-0.15, -0.1) is 0 Å². The third-order valence-corrected chi connectivity index (χ3v) is 2.34. The number of rotatable bonds is 0. The van der Waals surface area contributed by atoms with E-state index in [0.717, 1.165) is 0 Å². The van der Waals surface area contributed by atoms with Gasteiger partial charge in [-0.05, 0) is 0 Å². The molecule has 0 fully saturated rings. The summed E-state index contributed by atoms with van der Waals surface area (Å²) in [7, 11) is 2.05. The number of thiazole rings is 1. The van der Waals surface area contributed by atoms with E-state index in [1.54, 1.807) is 11.3 Å². The first-order valence-corrected chi connectivity index (χ1v) is 3.66. The summed E-state index contributed by atoms with van der Waals surface area (Å²) in [6.07, 6.45) is 6.15. The van der Waals surface area contributed by atoms with Crippen LogP contribution in [0.5, 0.6) is 0 Å². The second kappa shape index (κ2) is 1.57. The van der Waals surface area contributed by atoms with Gasteiger partial charge in [0.25, 0.3) is 0 Å². The van der Waals surface area contributed by atoms with Crippen LogP contribution in [0.4, 0.5) is 0 Å². The van der Waals surface area contributed by atoms with Crippen LogP contribution in [0.1, 0.15) is 0 Å². The fourth-order valence-corrected chi connectivity index (χ4v) is 1.68. The molecule has 0 saturated carbocycles. The van der Waals surface area contributed by atoms with E-state index in [-0.39, 0.29) is 0 Å². The van der Waals surface area contributed by atoms with Gasteiger partial charge in [0.1, 0.15) is 18.6 Å². The molecule has 3 heteroatoms. The monoisotopic (exact) mass is 139 g/mol. The fourth-order valence-electron chi connectivity index (χ4n) is 0.896. The van der Waals surface area contributed by atoms with Crippen molar-refractivity contribution in [2.45, 2.75) is 0 Å². The molecule has 0 radical (unpaired) electrons. The van der Waals surface area contributed by atoms with Crippen molar-refractivity contribution in [3.05, 3.63) is 24.0 Å². The molecule has 2 heterocycles. The summed E-state index contributed by atoms with van der Waals surface area (Å²) >= 11 is 1.75. The number of aryl methyl sites for hydroxylation is 1. The van der Waals surface area contributed by atoms with Crippen LogP contribution in [0.15, 0.2) is 24.0 Å². The SMILES string of the molecule is C[n+]1ccn2ccsc21. The second-order valence-electron chi connectivity index (χ2n) is 2.00. The zero-order valence-electron chi connectivity index (χ0n) is 5.11. The molecule has 9 heavy (non-hydrogen) atoms. The number of aromatic nitrogens is 2. The molecular formula is C6H7N2S+. The van der Waals surface area contributed by atoms with Crippen LogP contribution >= 0.6 is 11.3 Å². The number of imidazole rings is 1. The molecule has 2 nitrogen and oxygen atoms in total. The molecule has 0 aliphatic rings. The van der Waals surface area contributed by atoms with Crippen LogP contribution in [0.2, 0.25) is 0 Å². The Labute approximate surface area is 57.0 Å². The summed E-state index contributed by atoms with van der Waals surface area (Å²) in [5.74, 6) is 0. The Balaban J connectivity index is 2.99. The van der Waals surface area contributed by atoms with Gasteiger partial charge in [0, 0.05) is 5.38 Å². The summed E-state index contributed by atoms with van der Waals surface area (Å²) in [4.78, 5) is 1.27. The molecule has 0 atom stereocenters. The van der Waals surface area contributed by atoms with Gasteiger partial charge < -0.3 is 0 Å². The van der Waals surface area contributed by atoms with Crippen molar-refractivity contribution in [2.24, 2.45) is 7.05 Å². The minimum atomic E-state index is 1.27. The molecule has 0 aliphatic heterocycles. The van der Waals surface area contributed by atoms with Crippen molar-refractivity contribution >= 4 is 16.3 Å². The minimum absolute atomic E-state index is 1.27. The van der Waals surface area contributed by atoms with Gasteiger partial charge >= 0.3 is 4.96 Å². The summed E-state index contributed by atoms with van der Waals surface area (Å²) in [6.45, 7) is 0. The second-order valence-corrected chi connectivity index (χ2v) is 2.87. The van der Waals surface area contributed by atoms with Gasteiger partial charge in [-0.1, -0.05) is 11.3 Å². The van der Waals surface area contributed by atoms with Gasteiger partial charge in [-0.25, -0.2) is 4.57 Å². The lowest BCUT2D eigenvalue weighted by molar-refractivity contribution is -0.642. The largest absolute Gasteiger partial charge is 0.345 e. The molecule has 2 rings (SSSR count). The van der Waals surface area contributed by atoms with Crippen LogP contribution < -0.4 is 4.57 Å².